The van der Waals surface area contributed by atoms with Gasteiger partial charge in [0, 0.05) is 12.2 Å². The van der Waals surface area contributed by atoms with Crippen LogP contribution >= 0.6 is 0 Å². The minimum Gasteiger partial charge on any atom is -0.463 e. The fraction of sp³-hybridized carbons (Fsp3) is 0.833. The van der Waals surface area contributed by atoms with E-state index in [2.05, 4.69) is 0 Å². The van der Waals surface area contributed by atoms with Crippen molar-refractivity contribution in [2.24, 2.45) is 0 Å². The first-order valence-electron chi connectivity index (χ1n) is 3.25. The fourth-order valence-electron chi connectivity index (χ4n) is 0.969. The Morgan fingerprint density at radius 1 is 1.80 bits per heavy atom. The van der Waals surface area contributed by atoms with Crippen LogP contribution in [0.3, 0.4) is 0 Å². The number of hydrogen-bond acceptors (Lipinski definition) is 3. The molecule has 10 heavy (non-hydrogen) atoms. The van der Waals surface area contributed by atoms with Crippen molar-refractivity contribution in [1.82, 2.24) is 0 Å². The molecule has 1 N–H and O–H groups in total. The third-order valence-electron chi connectivity index (χ3n) is 1.58. The molecule has 0 aliphatic carbocycles. The molecule has 1 fully saturated rings. The molecule has 1 aliphatic rings. The molecule has 0 spiro atoms. The van der Waals surface area contributed by atoms with Gasteiger partial charge in [-0.05, 0) is 6.92 Å². The van der Waals surface area contributed by atoms with Crippen LogP contribution in [-0.4, -0.2) is 31.1 Å². The van der Waals surface area contributed by atoms with E-state index in [1.54, 1.807) is 6.92 Å². The number of carbonyl (C=O) groups excluding carboxylic acids is 1. The lowest BCUT2D eigenvalue weighted by Gasteiger charge is -2.28. The molecule has 0 unspecified atom stereocenters. The van der Waals surface area contributed by atoms with Gasteiger partial charge in [0.2, 0.25) is 0 Å². The third-order valence-corrected chi connectivity index (χ3v) is 1.58. The lowest BCUT2D eigenvalue weighted by molar-refractivity contribution is -0.158. The van der Waals surface area contributed by atoms with Crippen molar-refractivity contribution in [2.75, 3.05) is 0 Å². The van der Waals surface area contributed by atoms with Crippen molar-refractivity contribution in [3.63, 3.8) is 0 Å². The van der Waals surface area contributed by atoms with Gasteiger partial charge in [0.1, 0.15) is 6.10 Å². The van der Waals surface area contributed by atoms with E-state index in [0.717, 1.165) is 0 Å². The minimum atomic E-state index is -0.851. The lowest BCUT2D eigenvalue weighted by Crippen LogP contribution is -2.36. The summed E-state index contributed by atoms with van der Waals surface area (Å²) < 4.78 is 4.74. The van der Waals surface area contributed by atoms with Crippen molar-refractivity contribution >= 4 is 13.8 Å². The summed E-state index contributed by atoms with van der Waals surface area (Å²) in [5.74, 6) is -1.36. The standard InChI is InChI=1S/C6H9BO3/c1-3-2-4(8)5(7)6(9)10-3/h3-5,8H,2H2,1H3/t3-,4-,5+/m1/s1. The Morgan fingerprint density at radius 2 is 2.40 bits per heavy atom. The van der Waals surface area contributed by atoms with Gasteiger partial charge in [-0.2, -0.15) is 0 Å². The average Bonchev–Trinajstić information content (AvgIpc) is 1.82. The summed E-state index contributed by atoms with van der Waals surface area (Å²) in [6.45, 7) is 1.73. The number of ether oxygens (including phenoxy) is 1. The Morgan fingerprint density at radius 3 is 2.90 bits per heavy atom. The molecule has 0 bridgehead atoms. The van der Waals surface area contributed by atoms with Crippen molar-refractivity contribution in [3.8, 4) is 0 Å². The van der Waals surface area contributed by atoms with E-state index in [1.165, 1.54) is 0 Å². The molecular weight excluding hydrogens is 131 g/mol. The largest absolute Gasteiger partial charge is 0.463 e. The maximum Gasteiger partial charge on any atom is 0.302 e. The average molecular weight is 140 g/mol. The number of esters is 1. The van der Waals surface area contributed by atoms with Crippen LogP contribution in [0.2, 0.25) is 5.82 Å². The molecule has 1 heterocycles. The highest BCUT2D eigenvalue weighted by Gasteiger charge is 2.31. The van der Waals surface area contributed by atoms with E-state index in [1.807, 2.05) is 0 Å². The molecule has 0 amide bonds. The molecule has 1 saturated heterocycles. The summed E-state index contributed by atoms with van der Waals surface area (Å²) in [6, 6.07) is 0. The summed E-state index contributed by atoms with van der Waals surface area (Å²) in [7, 11) is 5.26. The van der Waals surface area contributed by atoms with E-state index >= 15 is 0 Å². The summed E-state index contributed by atoms with van der Waals surface area (Å²) in [5, 5.41) is 9.09. The van der Waals surface area contributed by atoms with Gasteiger partial charge < -0.3 is 9.84 Å². The van der Waals surface area contributed by atoms with Gasteiger partial charge in [0.25, 0.3) is 0 Å². The smallest absolute Gasteiger partial charge is 0.302 e. The second kappa shape index (κ2) is 2.62. The second-order valence-corrected chi connectivity index (χ2v) is 2.58. The van der Waals surface area contributed by atoms with E-state index in [4.69, 9.17) is 17.7 Å². The Kier molecular flexibility index (Phi) is 1.99. The van der Waals surface area contributed by atoms with Crippen LogP contribution in [0.5, 0.6) is 0 Å². The SMILES string of the molecule is [B][C@@H]1C(=O)O[C@H](C)C[C@H]1O. The summed E-state index contributed by atoms with van der Waals surface area (Å²) in [5.41, 5.74) is 0. The number of rotatable bonds is 0. The quantitative estimate of drug-likeness (QED) is 0.369. The summed E-state index contributed by atoms with van der Waals surface area (Å²) in [4.78, 5) is 10.7. The molecule has 3 atom stereocenters. The molecule has 54 valence electrons. The highest BCUT2D eigenvalue weighted by Crippen LogP contribution is 2.21. The van der Waals surface area contributed by atoms with Crippen molar-refractivity contribution in [1.29, 1.82) is 0 Å². The molecular formula is C6H9BO3. The number of cyclic esters (lactones) is 1. The van der Waals surface area contributed by atoms with Gasteiger partial charge >= 0.3 is 5.97 Å². The maximum atomic E-state index is 10.7. The maximum absolute atomic E-state index is 10.7. The summed E-state index contributed by atoms with van der Waals surface area (Å²) >= 11 is 0. The van der Waals surface area contributed by atoms with Crippen molar-refractivity contribution < 1.29 is 14.6 Å². The Labute approximate surface area is 60.8 Å². The van der Waals surface area contributed by atoms with Crippen LogP contribution in [0.4, 0.5) is 0 Å². The van der Waals surface area contributed by atoms with E-state index < -0.39 is 17.9 Å². The Balaban J connectivity index is 2.57. The van der Waals surface area contributed by atoms with Crippen molar-refractivity contribution in [3.05, 3.63) is 0 Å². The first kappa shape index (κ1) is 7.60. The van der Waals surface area contributed by atoms with Crippen LogP contribution in [0, 0.1) is 0 Å². The van der Waals surface area contributed by atoms with Crippen LogP contribution in [-0.2, 0) is 9.53 Å². The molecule has 3 nitrogen and oxygen atoms in total. The van der Waals surface area contributed by atoms with Gasteiger partial charge in [-0.3, -0.25) is 4.79 Å². The van der Waals surface area contributed by atoms with Crippen LogP contribution in [0.25, 0.3) is 0 Å². The highest BCUT2D eigenvalue weighted by molar-refractivity contribution is 6.23. The number of aliphatic hydroxyl groups is 1. The Bertz CT molecular complexity index is 148. The topological polar surface area (TPSA) is 46.5 Å². The molecule has 0 aromatic carbocycles. The zero-order chi connectivity index (χ0) is 7.72. The lowest BCUT2D eigenvalue weighted by atomic mass is 9.79. The molecule has 0 saturated carbocycles. The normalized spacial score (nSPS) is 41.0. The van der Waals surface area contributed by atoms with Crippen LogP contribution in [0.1, 0.15) is 13.3 Å². The monoisotopic (exact) mass is 140 g/mol. The molecule has 0 aromatic rings. The summed E-state index contributed by atoms with van der Waals surface area (Å²) in [6.07, 6.45) is -0.508. The van der Waals surface area contributed by atoms with Crippen molar-refractivity contribution in [2.45, 2.75) is 31.4 Å². The predicted molar refractivity (Wildman–Crippen MR) is 35.7 cm³/mol. The molecule has 2 radical (unpaired) electrons. The fourth-order valence-corrected chi connectivity index (χ4v) is 0.969. The minimum absolute atomic E-state index is 0.206. The van der Waals surface area contributed by atoms with Gasteiger partial charge in [0.05, 0.1) is 14.0 Å². The van der Waals surface area contributed by atoms with E-state index in [9.17, 15) is 4.79 Å². The van der Waals surface area contributed by atoms with Crippen LogP contribution in [0.15, 0.2) is 0 Å². The first-order chi connectivity index (χ1) is 4.61. The van der Waals surface area contributed by atoms with Gasteiger partial charge in [-0.15, -0.1) is 0 Å². The third kappa shape index (κ3) is 1.32. The number of carbonyl (C=O) groups is 1. The number of aliphatic hydroxyl groups excluding tert-OH is 1. The molecule has 1 aliphatic heterocycles. The van der Waals surface area contributed by atoms with E-state index in [-0.39, 0.29) is 6.10 Å². The van der Waals surface area contributed by atoms with Crippen LogP contribution < -0.4 is 0 Å². The molecule has 1 rings (SSSR count). The van der Waals surface area contributed by atoms with Gasteiger partial charge in [0.15, 0.2) is 0 Å². The van der Waals surface area contributed by atoms with Gasteiger partial charge in [-0.25, -0.2) is 0 Å². The van der Waals surface area contributed by atoms with Gasteiger partial charge in [-0.1, -0.05) is 0 Å². The molecule has 4 heteroatoms. The predicted octanol–water partition coefficient (Wildman–Crippen LogP) is -0.360. The Hall–Kier alpha value is -0.505. The first-order valence-corrected chi connectivity index (χ1v) is 3.25. The molecule has 0 aromatic heterocycles. The second-order valence-electron chi connectivity index (χ2n) is 2.58. The highest BCUT2D eigenvalue weighted by atomic mass is 16.5. The zero-order valence-electron chi connectivity index (χ0n) is 5.78. The van der Waals surface area contributed by atoms with E-state index in [0.29, 0.717) is 6.42 Å². The zero-order valence-corrected chi connectivity index (χ0v) is 5.78. The number of hydrogen-bond donors (Lipinski definition) is 1.